The minimum atomic E-state index is -0.427. The fraction of sp³-hybridized carbons (Fsp3) is 0.600. The summed E-state index contributed by atoms with van der Waals surface area (Å²) in [5.41, 5.74) is 5.68. The van der Waals surface area contributed by atoms with Gasteiger partial charge in [0.1, 0.15) is 0 Å². The van der Waals surface area contributed by atoms with Gasteiger partial charge in [-0.15, -0.1) is 11.3 Å². The third-order valence-corrected chi connectivity index (χ3v) is 3.13. The van der Waals surface area contributed by atoms with E-state index in [1.54, 1.807) is 6.20 Å². The lowest BCUT2D eigenvalue weighted by atomic mass is 10.2. The molecule has 15 heavy (non-hydrogen) atoms. The molecule has 1 aromatic heterocycles. The van der Waals surface area contributed by atoms with Crippen LogP contribution >= 0.6 is 11.3 Å². The summed E-state index contributed by atoms with van der Waals surface area (Å²) in [5, 5.41) is 3.37. The van der Waals surface area contributed by atoms with E-state index in [4.69, 9.17) is 5.73 Å². The number of amides is 1. The summed E-state index contributed by atoms with van der Waals surface area (Å²) in [5.74, 6) is -0.145. The molecule has 0 saturated carbocycles. The molecule has 1 aromatic rings. The van der Waals surface area contributed by atoms with Crippen molar-refractivity contribution in [1.82, 2.24) is 4.98 Å². The summed E-state index contributed by atoms with van der Waals surface area (Å²) in [7, 11) is 0. The number of hydrogen-bond acceptors (Lipinski definition) is 4. The van der Waals surface area contributed by atoms with Crippen LogP contribution in [0.3, 0.4) is 0 Å². The van der Waals surface area contributed by atoms with Crippen molar-refractivity contribution in [3.63, 3.8) is 0 Å². The van der Waals surface area contributed by atoms with E-state index in [-0.39, 0.29) is 5.91 Å². The number of nitrogens with zero attached hydrogens (tertiary/aromatic N) is 1. The monoisotopic (exact) mass is 227 g/mol. The van der Waals surface area contributed by atoms with E-state index < -0.39 is 6.04 Å². The highest BCUT2D eigenvalue weighted by atomic mass is 32.1. The molecule has 0 aliphatic rings. The number of carbonyl (C=O) groups is 1. The molecule has 0 aromatic carbocycles. The number of rotatable bonds is 5. The van der Waals surface area contributed by atoms with E-state index in [0.29, 0.717) is 11.6 Å². The molecule has 1 heterocycles. The third-order valence-electron chi connectivity index (χ3n) is 2.07. The number of aryl methyl sites for hydroxylation is 1. The Hall–Kier alpha value is -0.940. The van der Waals surface area contributed by atoms with Gasteiger partial charge in [-0.3, -0.25) is 4.79 Å². The fourth-order valence-corrected chi connectivity index (χ4v) is 1.92. The number of nitrogens with two attached hydrogens (primary N) is 1. The number of nitrogens with one attached hydrogen (secondary N) is 1. The van der Waals surface area contributed by atoms with Crippen LogP contribution in [0.1, 0.15) is 31.6 Å². The highest BCUT2D eigenvalue weighted by Gasteiger charge is 2.13. The molecule has 0 saturated heterocycles. The fourth-order valence-electron chi connectivity index (χ4n) is 1.17. The van der Waals surface area contributed by atoms with Crippen LogP contribution in [-0.2, 0) is 11.2 Å². The van der Waals surface area contributed by atoms with Gasteiger partial charge in [-0.2, -0.15) is 0 Å². The molecule has 84 valence electrons. The maximum Gasteiger partial charge on any atom is 0.243 e. The van der Waals surface area contributed by atoms with E-state index in [9.17, 15) is 4.79 Å². The maximum atomic E-state index is 11.5. The Morgan fingerprint density at radius 3 is 2.93 bits per heavy atom. The molecule has 0 spiro atoms. The third kappa shape index (κ3) is 3.60. The first-order valence-corrected chi connectivity index (χ1v) is 6.00. The second kappa shape index (κ2) is 5.82. The minimum Gasteiger partial charge on any atom is -0.320 e. The first-order chi connectivity index (χ1) is 7.17. The lowest BCUT2D eigenvalue weighted by Gasteiger charge is -2.08. The molecular formula is C10H17N3OS. The van der Waals surface area contributed by atoms with Gasteiger partial charge in [-0.1, -0.05) is 20.3 Å². The van der Waals surface area contributed by atoms with Crippen molar-refractivity contribution in [3.8, 4) is 0 Å². The van der Waals surface area contributed by atoms with Gasteiger partial charge in [0, 0.05) is 11.1 Å². The van der Waals surface area contributed by atoms with Crippen LogP contribution in [0.25, 0.3) is 0 Å². The van der Waals surface area contributed by atoms with E-state index in [0.717, 1.165) is 17.7 Å². The van der Waals surface area contributed by atoms with Crippen LogP contribution in [0, 0.1) is 0 Å². The molecule has 0 aliphatic carbocycles. The number of anilines is 1. The first kappa shape index (κ1) is 12.1. The first-order valence-electron chi connectivity index (χ1n) is 5.18. The van der Waals surface area contributed by atoms with Crippen molar-refractivity contribution in [1.29, 1.82) is 0 Å². The molecule has 1 unspecified atom stereocenters. The van der Waals surface area contributed by atoms with Crippen molar-refractivity contribution in [2.45, 2.75) is 39.2 Å². The van der Waals surface area contributed by atoms with Crippen LogP contribution in [0.15, 0.2) is 6.20 Å². The summed E-state index contributed by atoms with van der Waals surface area (Å²) in [4.78, 5) is 16.8. The largest absolute Gasteiger partial charge is 0.320 e. The summed E-state index contributed by atoms with van der Waals surface area (Å²) in [6.07, 6.45) is 4.34. The number of aromatic nitrogens is 1. The van der Waals surface area contributed by atoms with Gasteiger partial charge in [0.15, 0.2) is 5.13 Å². The molecular weight excluding hydrogens is 210 g/mol. The zero-order chi connectivity index (χ0) is 11.3. The lowest BCUT2D eigenvalue weighted by molar-refractivity contribution is -0.117. The van der Waals surface area contributed by atoms with E-state index >= 15 is 0 Å². The summed E-state index contributed by atoms with van der Waals surface area (Å²) < 4.78 is 0. The molecule has 5 heteroatoms. The van der Waals surface area contributed by atoms with Crippen molar-refractivity contribution < 1.29 is 4.79 Å². The Bertz CT molecular complexity index is 324. The van der Waals surface area contributed by atoms with Crippen molar-refractivity contribution in [2.24, 2.45) is 5.73 Å². The van der Waals surface area contributed by atoms with Crippen molar-refractivity contribution in [2.75, 3.05) is 5.32 Å². The van der Waals surface area contributed by atoms with Crippen LogP contribution in [0.5, 0.6) is 0 Å². The Balaban J connectivity index is 2.50. The zero-order valence-corrected chi connectivity index (χ0v) is 9.93. The number of thiazole rings is 1. The summed E-state index contributed by atoms with van der Waals surface area (Å²) in [6.45, 7) is 4.06. The minimum absolute atomic E-state index is 0.145. The molecule has 0 radical (unpaired) electrons. The molecule has 4 nitrogen and oxygen atoms in total. The highest BCUT2D eigenvalue weighted by Crippen LogP contribution is 2.18. The molecule has 0 fully saturated rings. The van der Waals surface area contributed by atoms with Crippen molar-refractivity contribution in [3.05, 3.63) is 11.1 Å². The number of hydrogen-bond donors (Lipinski definition) is 2. The van der Waals surface area contributed by atoms with Crippen LogP contribution in [0.2, 0.25) is 0 Å². The van der Waals surface area contributed by atoms with E-state index in [1.807, 2.05) is 6.92 Å². The second-order valence-corrected chi connectivity index (χ2v) is 4.48. The quantitative estimate of drug-likeness (QED) is 0.805. The van der Waals surface area contributed by atoms with Crippen LogP contribution in [0.4, 0.5) is 5.13 Å². The predicted molar refractivity (Wildman–Crippen MR) is 63.0 cm³/mol. The van der Waals surface area contributed by atoms with E-state index in [1.165, 1.54) is 11.3 Å². The second-order valence-electron chi connectivity index (χ2n) is 3.37. The van der Waals surface area contributed by atoms with Gasteiger partial charge < -0.3 is 11.1 Å². The van der Waals surface area contributed by atoms with Crippen LogP contribution in [-0.4, -0.2) is 16.9 Å². The molecule has 0 bridgehead atoms. The number of carbonyl (C=O) groups excluding carboxylic acids is 1. The molecule has 0 aliphatic heterocycles. The topological polar surface area (TPSA) is 68.0 Å². The Morgan fingerprint density at radius 2 is 2.40 bits per heavy atom. The molecule has 1 atom stereocenters. The molecule has 1 amide bonds. The average molecular weight is 227 g/mol. The van der Waals surface area contributed by atoms with Gasteiger partial charge in [-0.05, 0) is 12.8 Å². The Morgan fingerprint density at radius 1 is 1.67 bits per heavy atom. The van der Waals surface area contributed by atoms with Gasteiger partial charge in [0.05, 0.1) is 6.04 Å². The Labute approximate surface area is 93.9 Å². The normalized spacial score (nSPS) is 12.5. The predicted octanol–water partition coefficient (Wildman–Crippen LogP) is 1.77. The Kier molecular flexibility index (Phi) is 4.71. The average Bonchev–Trinajstić information content (AvgIpc) is 2.66. The van der Waals surface area contributed by atoms with Gasteiger partial charge >= 0.3 is 0 Å². The maximum absolute atomic E-state index is 11.5. The summed E-state index contributed by atoms with van der Waals surface area (Å²) >= 11 is 1.50. The standard InChI is InChI=1S/C10H17N3OS/c1-3-5-8(11)9(14)13-10-12-6-7(4-2)15-10/h6,8H,3-5,11H2,1-2H3,(H,12,13,14). The summed E-state index contributed by atoms with van der Waals surface area (Å²) in [6, 6.07) is -0.427. The van der Waals surface area contributed by atoms with Crippen LogP contribution < -0.4 is 11.1 Å². The highest BCUT2D eigenvalue weighted by molar-refractivity contribution is 7.15. The smallest absolute Gasteiger partial charge is 0.243 e. The van der Waals surface area contributed by atoms with Gasteiger partial charge in [0.25, 0.3) is 0 Å². The van der Waals surface area contributed by atoms with Gasteiger partial charge in [0.2, 0.25) is 5.91 Å². The lowest BCUT2D eigenvalue weighted by Crippen LogP contribution is -2.35. The zero-order valence-electron chi connectivity index (χ0n) is 9.12. The SMILES string of the molecule is CCCC(N)C(=O)Nc1ncc(CC)s1. The van der Waals surface area contributed by atoms with Crippen molar-refractivity contribution >= 4 is 22.4 Å². The molecule has 1 rings (SSSR count). The van der Waals surface area contributed by atoms with E-state index in [2.05, 4.69) is 17.2 Å². The molecule has 3 N–H and O–H groups in total. The van der Waals surface area contributed by atoms with Gasteiger partial charge in [-0.25, -0.2) is 4.98 Å².